The fourth-order valence-electron chi connectivity index (χ4n) is 8.76. The summed E-state index contributed by atoms with van der Waals surface area (Å²) in [6, 6.07) is 47.2. The Morgan fingerprint density at radius 3 is 1.47 bits per heavy atom. The number of rotatable bonds is 12. The SMILES string of the molecule is CCc1cccc(NC(=O)Nc2ccc(-c3ccc(CN4CCOCC4)nc3)c3ccccc23)c1.COc1ccc(NC(=O)Nc2ccc(-c3ccc(CN4CCOCC4)nc3)c3ccccc23)cc1. The monoisotopic (exact) mass is 934 g/mol. The van der Waals surface area contributed by atoms with Crippen molar-refractivity contribution in [1.82, 2.24) is 19.8 Å². The van der Waals surface area contributed by atoms with Crippen LogP contribution in [0.2, 0.25) is 0 Å². The van der Waals surface area contributed by atoms with Gasteiger partial charge in [0.25, 0.3) is 0 Å². The van der Waals surface area contributed by atoms with E-state index in [-0.39, 0.29) is 12.1 Å². The first-order valence-corrected chi connectivity index (χ1v) is 23.8. The van der Waals surface area contributed by atoms with Crippen molar-refractivity contribution in [2.24, 2.45) is 0 Å². The van der Waals surface area contributed by atoms with Gasteiger partial charge in [-0.05, 0) is 94.5 Å². The van der Waals surface area contributed by atoms with E-state index in [0.29, 0.717) is 5.69 Å². The van der Waals surface area contributed by atoms with Crippen molar-refractivity contribution in [3.05, 3.63) is 175 Å². The van der Waals surface area contributed by atoms with E-state index in [1.165, 1.54) is 5.56 Å². The van der Waals surface area contributed by atoms with E-state index < -0.39 is 0 Å². The third-order valence-electron chi connectivity index (χ3n) is 12.5. The Kier molecular flexibility index (Phi) is 15.6. The van der Waals surface area contributed by atoms with Crippen LogP contribution in [0.15, 0.2) is 158 Å². The van der Waals surface area contributed by atoms with Crippen molar-refractivity contribution in [3.63, 3.8) is 0 Å². The van der Waals surface area contributed by atoms with Crippen LogP contribution in [0.3, 0.4) is 0 Å². The van der Waals surface area contributed by atoms with Crippen molar-refractivity contribution in [2.75, 3.05) is 81.0 Å². The minimum Gasteiger partial charge on any atom is -0.497 e. The smallest absolute Gasteiger partial charge is 0.323 e. The predicted molar refractivity (Wildman–Crippen MR) is 281 cm³/mol. The molecule has 4 heterocycles. The van der Waals surface area contributed by atoms with Crippen LogP contribution in [0.4, 0.5) is 32.3 Å². The van der Waals surface area contributed by atoms with Gasteiger partial charge in [0.15, 0.2) is 0 Å². The van der Waals surface area contributed by atoms with Gasteiger partial charge in [-0.3, -0.25) is 19.8 Å². The fourth-order valence-corrected chi connectivity index (χ4v) is 8.76. The van der Waals surface area contributed by atoms with Crippen LogP contribution < -0.4 is 26.0 Å². The van der Waals surface area contributed by atoms with Gasteiger partial charge in [0.1, 0.15) is 5.75 Å². The standard InChI is InChI=1S/C29H30N4O2.C28H28N4O3/c1-2-21-6-5-7-23(18-21)31-29(34)32-28-13-12-25(26-8-3-4-9-27(26)28)22-10-11-24(30-19-22)20-33-14-16-35-17-15-33;1-34-23-10-8-21(9-11-23)30-28(33)31-27-13-12-24(25-4-2-3-5-26(25)27)20-6-7-22(29-18-20)19-32-14-16-35-17-15-32/h3-13,18-19H,2,14-17,20H2,1H3,(H2,31,32,34);2-13,18H,14-17,19H2,1H3,(H2,30,31,33). The Labute approximate surface area is 408 Å². The summed E-state index contributed by atoms with van der Waals surface area (Å²) in [6.45, 7) is 10.7. The number of methoxy groups -OCH3 is 1. The number of morpholine rings is 2. The van der Waals surface area contributed by atoms with E-state index in [9.17, 15) is 9.59 Å². The van der Waals surface area contributed by atoms with Gasteiger partial charge in [-0.2, -0.15) is 0 Å². The first-order chi connectivity index (χ1) is 34.4. The summed E-state index contributed by atoms with van der Waals surface area (Å²) in [5.74, 6) is 0.737. The second-order valence-electron chi connectivity index (χ2n) is 17.2. The van der Waals surface area contributed by atoms with E-state index in [1.54, 1.807) is 31.4 Å². The number of pyridine rings is 2. The molecule has 0 bridgehead atoms. The number of nitrogens with one attached hydrogen (secondary N) is 4. The van der Waals surface area contributed by atoms with Gasteiger partial charge in [0.2, 0.25) is 0 Å². The van der Waals surface area contributed by atoms with Crippen LogP contribution in [0.5, 0.6) is 5.75 Å². The molecule has 13 nitrogen and oxygen atoms in total. The Balaban J connectivity index is 0.000000174. The summed E-state index contributed by atoms with van der Waals surface area (Å²) >= 11 is 0. The molecular formula is C57H58N8O5. The van der Waals surface area contributed by atoms with E-state index in [1.807, 2.05) is 91.3 Å². The normalized spacial score (nSPS) is 14.0. The maximum absolute atomic E-state index is 12.7. The molecule has 4 amide bonds. The molecule has 0 unspecified atom stereocenters. The van der Waals surface area contributed by atoms with Crippen LogP contribution in [0, 0.1) is 0 Å². The van der Waals surface area contributed by atoms with Crippen LogP contribution in [0.1, 0.15) is 23.9 Å². The molecule has 0 radical (unpaired) electrons. The van der Waals surface area contributed by atoms with Crippen LogP contribution >= 0.6 is 0 Å². The van der Waals surface area contributed by atoms with Gasteiger partial charge < -0.3 is 35.5 Å². The van der Waals surface area contributed by atoms with Gasteiger partial charge in [-0.25, -0.2) is 9.59 Å². The molecule has 0 aliphatic carbocycles. The third kappa shape index (κ3) is 12.1. The number of amides is 4. The maximum Gasteiger partial charge on any atom is 0.323 e. The number of benzene rings is 6. The Hall–Kier alpha value is -7.68. The molecule has 13 heteroatoms. The highest BCUT2D eigenvalue weighted by atomic mass is 16.5. The molecule has 0 saturated carbocycles. The summed E-state index contributed by atoms with van der Waals surface area (Å²) in [5, 5.41) is 15.9. The number of carbonyl (C=O) groups excluding carboxylic acids is 2. The molecule has 2 aliphatic heterocycles. The lowest BCUT2D eigenvalue weighted by Gasteiger charge is -2.26. The van der Waals surface area contributed by atoms with Crippen molar-refractivity contribution < 1.29 is 23.8 Å². The molecule has 0 atom stereocenters. The molecule has 4 N–H and O–H groups in total. The molecule has 2 aromatic heterocycles. The summed E-state index contributed by atoms with van der Waals surface area (Å²) in [6.07, 6.45) is 4.80. The quantitative estimate of drug-likeness (QED) is 0.0942. The van der Waals surface area contributed by atoms with Gasteiger partial charge in [0, 0.05) is 84.9 Å². The van der Waals surface area contributed by atoms with Crippen LogP contribution in [0.25, 0.3) is 43.8 Å². The molecule has 2 saturated heterocycles. The van der Waals surface area contributed by atoms with Crippen molar-refractivity contribution in [2.45, 2.75) is 26.4 Å². The molecule has 10 rings (SSSR count). The zero-order chi connectivity index (χ0) is 48.1. The summed E-state index contributed by atoms with van der Waals surface area (Å²) < 4.78 is 16.0. The molecule has 356 valence electrons. The van der Waals surface area contributed by atoms with Crippen molar-refractivity contribution in [1.29, 1.82) is 0 Å². The molecule has 70 heavy (non-hydrogen) atoms. The summed E-state index contributed by atoms with van der Waals surface area (Å²) in [4.78, 5) is 39.6. The number of anilines is 4. The molecule has 0 spiro atoms. The second-order valence-corrected chi connectivity index (χ2v) is 17.2. The number of carbonyl (C=O) groups is 2. The number of aromatic nitrogens is 2. The third-order valence-corrected chi connectivity index (χ3v) is 12.5. The molecule has 2 fully saturated rings. The largest absolute Gasteiger partial charge is 0.497 e. The minimum absolute atomic E-state index is 0.259. The Morgan fingerprint density at radius 1 is 0.529 bits per heavy atom. The van der Waals surface area contributed by atoms with Gasteiger partial charge in [-0.1, -0.05) is 91.9 Å². The Bertz CT molecular complexity index is 3030. The second kappa shape index (κ2) is 23.1. The first-order valence-electron chi connectivity index (χ1n) is 23.8. The highest BCUT2D eigenvalue weighted by Gasteiger charge is 2.16. The van der Waals surface area contributed by atoms with E-state index in [2.05, 4.69) is 80.5 Å². The number of aryl methyl sites for hydroxylation is 1. The fraction of sp³-hybridized carbons (Fsp3) is 0.228. The molecule has 6 aromatic carbocycles. The number of nitrogens with zero attached hydrogens (tertiary/aromatic N) is 4. The van der Waals surface area contributed by atoms with E-state index >= 15 is 0 Å². The van der Waals surface area contributed by atoms with E-state index in [4.69, 9.17) is 24.2 Å². The van der Waals surface area contributed by atoms with E-state index in [0.717, 1.165) is 150 Å². The summed E-state index contributed by atoms with van der Waals surface area (Å²) in [5.41, 5.74) is 10.5. The predicted octanol–water partition coefficient (Wildman–Crippen LogP) is 11.3. The average molecular weight is 935 g/mol. The van der Waals surface area contributed by atoms with Gasteiger partial charge in [-0.15, -0.1) is 0 Å². The lowest BCUT2D eigenvalue weighted by atomic mass is 9.98. The zero-order valence-corrected chi connectivity index (χ0v) is 39.6. The number of urea groups is 2. The zero-order valence-electron chi connectivity index (χ0n) is 39.6. The number of fused-ring (bicyclic) bond motifs is 2. The van der Waals surface area contributed by atoms with Crippen LogP contribution in [-0.2, 0) is 29.0 Å². The molecule has 8 aromatic rings. The number of ether oxygens (including phenoxy) is 3. The summed E-state index contributed by atoms with van der Waals surface area (Å²) in [7, 11) is 1.61. The van der Waals surface area contributed by atoms with Crippen LogP contribution in [-0.4, -0.2) is 91.5 Å². The minimum atomic E-state index is -0.304. The number of hydrogen-bond donors (Lipinski definition) is 4. The maximum atomic E-state index is 12.7. The average Bonchev–Trinajstić information content (AvgIpc) is 3.40. The highest BCUT2D eigenvalue weighted by Crippen LogP contribution is 2.35. The van der Waals surface area contributed by atoms with Crippen molar-refractivity contribution >= 4 is 56.4 Å². The number of hydrogen-bond acceptors (Lipinski definition) is 9. The molecular weight excluding hydrogens is 877 g/mol. The van der Waals surface area contributed by atoms with Crippen molar-refractivity contribution in [3.8, 4) is 28.0 Å². The lowest BCUT2D eigenvalue weighted by Crippen LogP contribution is -2.35. The lowest BCUT2D eigenvalue weighted by molar-refractivity contribution is 0.0336. The highest BCUT2D eigenvalue weighted by molar-refractivity contribution is 6.11. The topological polar surface area (TPSA) is 142 Å². The molecule has 2 aliphatic rings. The Morgan fingerprint density at radius 2 is 1.01 bits per heavy atom. The van der Waals surface area contributed by atoms with Gasteiger partial charge >= 0.3 is 12.1 Å². The van der Waals surface area contributed by atoms with Gasteiger partial charge in [0.05, 0.1) is 56.3 Å². The first kappa shape index (κ1) is 47.4.